The molecule has 1 N–H and O–H groups in total. The number of nitrogens with zero attached hydrogens (tertiary/aromatic N) is 3. The lowest BCUT2D eigenvalue weighted by atomic mass is 10.1. The van der Waals surface area contributed by atoms with Crippen molar-refractivity contribution in [1.29, 1.82) is 0 Å². The van der Waals surface area contributed by atoms with Gasteiger partial charge in [0.05, 0.1) is 18.9 Å². The standard InChI is InChI=1S/C16H19N3O2/c1-21-14-6-2-4-12(10-14)15-7-8-16(18-17-15)19-9-3-5-13(20)11-19/h2,4,6-8,10,13,20H,3,5,9,11H2,1H3. The number of rotatable bonds is 3. The van der Waals surface area contributed by atoms with E-state index < -0.39 is 0 Å². The highest BCUT2D eigenvalue weighted by Crippen LogP contribution is 2.23. The summed E-state index contributed by atoms with van der Waals surface area (Å²) in [5, 5.41) is 18.3. The summed E-state index contributed by atoms with van der Waals surface area (Å²) in [4.78, 5) is 2.08. The second-order valence-corrected chi connectivity index (χ2v) is 5.25. The lowest BCUT2D eigenvalue weighted by Crippen LogP contribution is -2.38. The summed E-state index contributed by atoms with van der Waals surface area (Å²) in [7, 11) is 1.65. The summed E-state index contributed by atoms with van der Waals surface area (Å²) in [5.41, 5.74) is 1.79. The third-order valence-corrected chi connectivity index (χ3v) is 3.74. The number of aliphatic hydroxyl groups is 1. The van der Waals surface area contributed by atoms with Crippen LogP contribution >= 0.6 is 0 Å². The minimum absolute atomic E-state index is 0.265. The van der Waals surface area contributed by atoms with Crippen LogP contribution in [-0.2, 0) is 0 Å². The van der Waals surface area contributed by atoms with E-state index in [4.69, 9.17) is 4.74 Å². The van der Waals surface area contributed by atoms with E-state index in [9.17, 15) is 5.11 Å². The maximum absolute atomic E-state index is 9.73. The molecule has 1 fully saturated rings. The van der Waals surface area contributed by atoms with Crippen molar-refractivity contribution in [3.05, 3.63) is 36.4 Å². The molecule has 0 spiro atoms. The number of hydrogen-bond acceptors (Lipinski definition) is 5. The maximum atomic E-state index is 9.73. The van der Waals surface area contributed by atoms with Crippen LogP contribution in [0.1, 0.15) is 12.8 Å². The third kappa shape index (κ3) is 3.13. The fourth-order valence-electron chi connectivity index (χ4n) is 2.59. The first-order valence-corrected chi connectivity index (χ1v) is 7.17. The van der Waals surface area contributed by atoms with Gasteiger partial charge in [-0.15, -0.1) is 10.2 Å². The van der Waals surface area contributed by atoms with Crippen molar-refractivity contribution < 1.29 is 9.84 Å². The molecule has 110 valence electrons. The maximum Gasteiger partial charge on any atom is 0.151 e. The van der Waals surface area contributed by atoms with Crippen molar-refractivity contribution in [3.63, 3.8) is 0 Å². The summed E-state index contributed by atoms with van der Waals surface area (Å²) < 4.78 is 5.22. The van der Waals surface area contributed by atoms with E-state index in [1.807, 2.05) is 36.4 Å². The molecule has 1 saturated heterocycles. The van der Waals surface area contributed by atoms with Crippen LogP contribution in [0.5, 0.6) is 5.75 Å². The molecule has 1 aliphatic rings. The number of methoxy groups -OCH3 is 1. The molecular formula is C16H19N3O2. The van der Waals surface area contributed by atoms with Gasteiger partial charge in [0.25, 0.3) is 0 Å². The number of anilines is 1. The fraction of sp³-hybridized carbons (Fsp3) is 0.375. The molecular weight excluding hydrogens is 266 g/mol. The summed E-state index contributed by atoms with van der Waals surface area (Å²) in [6.45, 7) is 1.55. The van der Waals surface area contributed by atoms with Crippen LogP contribution in [0.15, 0.2) is 36.4 Å². The first-order valence-electron chi connectivity index (χ1n) is 7.17. The molecule has 0 saturated carbocycles. The number of aromatic nitrogens is 2. The third-order valence-electron chi connectivity index (χ3n) is 3.74. The zero-order valence-corrected chi connectivity index (χ0v) is 12.1. The normalized spacial score (nSPS) is 18.6. The Hall–Kier alpha value is -2.14. The minimum atomic E-state index is -0.265. The minimum Gasteiger partial charge on any atom is -0.497 e. The highest BCUT2D eigenvalue weighted by molar-refractivity contribution is 5.61. The zero-order valence-electron chi connectivity index (χ0n) is 12.1. The van der Waals surface area contributed by atoms with Crippen LogP contribution in [0.25, 0.3) is 11.3 Å². The van der Waals surface area contributed by atoms with Crippen LogP contribution in [0.4, 0.5) is 5.82 Å². The Bertz CT molecular complexity index is 601. The van der Waals surface area contributed by atoms with Gasteiger partial charge in [0.15, 0.2) is 5.82 Å². The number of ether oxygens (including phenoxy) is 1. The van der Waals surface area contributed by atoms with E-state index in [1.54, 1.807) is 7.11 Å². The first kappa shape index (κ1) is 13.8. The Morgan fingerprint density at radius 3 is 2.86 bits per heavy atom. The molecule has 0 radical (unpaired) electrons. The van der Waals surface area contributed by atoms with Crippen molar-refractivity contribution in [2.75, 3.05) is 25.1 Å². The predicted molar refractivity (Wildman–Crippen MR) is 81.5 cm³/mol. The second-order valence-electron chi connectivity index (χ2n) is 5.25. The number of piperidine rings is 1. The van der Waals surface area contributed by atoms with Crippen LogP contribution in [0.2, 0.25) is 0 Å². The molecule has 2 heterocycles. The van der Waals surface area contributed by atoms with Gasteiger partial charge in [-0.25, -0.2) is 0 Å². The molecule has 1 aliphatic heterocycles. The topological polar surface area (TPSA) is 58.5 Å². The number of β-amino-alcohol motifs (C(OH)–C–C–N with tert-alkyl or cyclic N) is 1. The van der Waals surface area contributed by atoms with Gasteiger partial charge in [0.1, 0.15) is 5.75 Å². The lowest BCUT2D eigenvalue weighted by Gasteiger charge is -2.30. The fourth-order valence-corrected chi connectivity index (χ4v) is 2.59. The van der Waals surface area contributed by atoms with Crippen LogP contribution in [0, 0.1) is 0 Å². The average molecular weight is 285 g/mol. The number of hydrogen-bond donors (Lipinski definition) is 1. The van der Waals surface area contributed by atoms with Gasteiger partial charge in [-0.1, -0.05) is 12.1 Å². The first-order chi connectivity index (χ1) is 10.3. The highest BCUT2D eigenvalue weighted by atomic mass is 16.5. The van der Waals surface area contributed by atoms with Gasteiger partial charge in [-0.2, -0.15) is 0 Å². The average Bonchev–Trinajstić information content (AvgIpc) is 2.55. The van der Waals surface area contributed by atoms with Gasteiger partial charge in [0, 0.05) is 18.7 Å². The summed E-state index contributed by atoms with van der Waals surface area (Å²) >= 11 is 0. The van der Waals surface area contributed by atoms with E-state index in [0.717, 1.165) is 42.2 Å². The molecule has 5 nitrogen and oxygen atoms in total. The Balaban J connectivity index is 1.80. The smallest absolute Gasteiger partial charge is 0.151 e. The van der Waals surface area contributed by atoms with Gasteiger partial charge in [-0.3, -0.25) is 0 Å². The molecule has 1 aromatic carbocycles. The number of benzene rings is 1. The van der Waals surface area contributed by atoms with Crippen molar-refractivity contribution in [2.24, 2.45) is 0 Å². The van der Waals surface area contributed by atoms with Crippen LogP contribution in [-0.4, -0.2) is 41.6 Å². The monoisotopic (exact) mass is 285 g/mol. The summed E-state index contributed by atoms with van der Waals surface area (Å²) in [6.07, 6.45) is 1.59. The Morgan fingerprint density at radius 1 is 1.24 bits per heavy atom. The molecule has 0 bridgehead atoms. The van der Waals surface area contributed by atoms with Crippen LogP contribution < -0.4 is 9.64 Å². The largest absolute Gasteiger partial charge is 0.497 e. The van der Waals surface area contributed by atoms with E-state index in [-0.39, 0.29) is 6.10 Å². The predicted octanol–water partition coefficient (Wildman–Crippen LogP) is 2.11. The lowest BCUT2D eigenvalue weighted by molar-refractivity contribution is 0.154. The second kappa shape index (κ2) is 6.10. The van der Waals surface area contributed by atoms with Crippen molar-refractivity contribution in [3.8, 4) is 17.0 Å². The van der Waals surface area contributed by atoms with Crippen LogP contribution in [0.3, 0.4) is 0 Å². The molecule has 0 aliphatic carbocycles. The van der Waals surface area contributed by atoms with Gasteiger partial charge in [0.2, 0.25) is 0 Å². The molecule has 1 unspecified atom stereocenters. The van der Waals surface area contributed by atoms with Gasteiger partial charge in [-0.05, 0) is 37.1 Å². The van der Waals surface area contributed by atoms with E-state index >= 15 is 0 Å². The molecule has 1 aromatic heterocycles. The number of aliphatic hydroxyl groups excluding tert-OH is 1. The summed E-state index contributed by atoms with van der Waals surface area (Å²) in [6, 6.07) is 11.7. The van der Waals surface area contributed by atoms with Gasteiger partial charge < -0.3 is 14.7 Å². The SMILES string of the molecule is COc1cccc(-c2ccc(N3CCCC(O)C3)nn2)c1. The summed E-state index contributed by atoms with van der Waals surface area (Å²) in [5.74, 6) is 1.62. The quantitative estimate of drug-likeness (QED) is 0.936. The van der Waals surface area contributed by atoms with Crippen molar-refractivity contribution in [2.45, 2.75) is 18.9 Å². The van der Waals surface area contributed by atoms with E-state index in [2.05, 4.69) is 15.1 Å². The Morgan fingerprint density at radius 2 is 2.14 bits per heavy atom. The molecule has 1 atom stereocenters. The molecule has 2 aromatic rings. The molecule has 5 heteroatoms. The van der Waals surface area contributed by atoms with Crippen molar-refractivity contribution >= 4 is 5.82 Å². The molecule has 21 heavy (non-hydrogen) atoms. The van der Waals surface area contributed by atoms with E-state index in [1.165, 1.54) is 0 Å². The zero-order chi connectivity index (χ0) is 14.7. The highest BCUT2D eigenvalue weighted by Gasteiger charge is 2.19. The van der Waals surface area contributed by atoms with Gasteiger partial charge >= 0.3 is 0 Å². The molecule has 3 rings (SSSR count). The molecule has 0 amide bonds. The van der Waals surface area contributed by atoms with Crippen molar-refractivity contribution in [1.82, 2.24) is 10.2 Å². The Kier molecular flexibility index (Phi) is 4.01. The van der Waals surface area contributed by atoms with E-state index in [0.29, 0.717) is 6.54 Å². The Labute approximate surface area is 124 Å².